The van der Waals surface area contributed by atoms with E-state index in [0.29, 0.717) is 12.2 Å². The van der Waals surface area contributed by atoms with Gasteiger partial charge in [0.2, 0.25) is 0 Å². The highest BCUT2D eigenvalue weighted by Crippen LogP contribution is 2.11. The lowest BCUT2D eigenvalue weighted by molar-refractivity contribution is 0.0933. The van der Waals surface area contributed by atoms with Gasteiger partial charge < -0.3 is 11.1 Å². The van der Waals surface area contributed by atoms with Gasteiger partial charge in [-0.25, -0.2) is 4.98 Å². The number of hydrogen-bond donors (Lipinski definition) is 2. The molecule has 0 spiro atoms. The van der Waals surface area contributed by atoms with E-state index in [9.17, 15) is 4.79 Å². The lowest BCUT2D eigenvalue weighted by atomic mass is 10.1. The van der Waals surface area contributed by atoms with Gasteiger partial charge in [-0.1, -0.05) is 32.6 Å². The molecule has 0 saturated heterocycles. The predicted molar refractivity (Wildman–Crippen MR) is 80.6 cm³/mol. The normalized spacial score (nSPS) is 12.4. The van der Waals surface area contributed by atoms with Gasteiger partial charge in [0.1, 0.15) is 5.69 Å². The maximum Gasteiger partial charge on any atom is 0.270 e. The van der Waals surface area contributed by atoms with Crippen LogP contribution >= 0.6 is 11.3 Å². The van der Waals surface area contributed by atoms with E-state index in [2.05, 4.69) is 24.1 Å². The summed E-state index contributed by atoms with van der Waals surface area (Å²) in [6, 6.07) is 0.212. The van der Waals surface area contributed by atoms with E-state index in [0.717, 1.165) is 17.8 Å². The van der Waals surface area contributed by atoms with Crippen LogP contribution in [0, 0.1) is 0 Å². The van der Waals surface area contributed by atoms with E-state index in [1.165, 1.54) is 37.0 Å². The SMILES string of the molecule is CCCCCCC(C)NC(=O)c1csc(CCN)n1. The molecule has 1 atom stereocenters. The molecule has 1 aromatic rings. The monoisotopic (exact) mass is 283 g/mol. The highest BCUT2D eigenvalue weighted by Gasteiger charge is 2.12. The number of rotatable bonds is 9. The number of nitrogens with one attached hydrogen (secondary N) is 1. The molecule has 0 bridgehead atoms. The molecule has 0 aliphatic rings. The molecule has 0 radical (unpaired) electrons. The minimum atomic E-state index is -0.0671. The molecule has 0 aromatic carbocycles. The molecule has 1 heterocycles. The number of unbranched alkanes of at least 4 members (excludes halogenated alkanes) is 3. The van der Waals surface area contributed by atoms with Crippen LogP contribution in [0.2, 0.25) is 0 Å². The van der Waals surface area contributed by atoms with Crippen LogP contribution in [0.5, 0.6) is 0 Å². The van der Waals surface area contributed by atoms with Gasteiger partial charge in [0.05, 0.1) is 5.01 Å². The van der Waals surface area contributed by atoms with Crippen LogP contribution in [0.3, 0.4) is 0 Å². The van der Waals surface area contributed by atoms with Crippen LogP contribution in [0.15, 0.2) is 5.38 Å². The van der Waals surface area contributed by atoms with Crippen LogP contribution < -0.4 is 11.1 Å². The fraction of sp³-hybridized carbons (Fsp3) is 0.714. The number of nitrogens with two attached hydrogens (primary N) is 1. The molecule has 108 valence electrons. The van der Waals surface area contributed by atoms with Crippen molar-refractivity contribution in [3.05, 3.63) is 16.1 Å². The van der Waals surface area contributed by atoms with E-state index in [4.69, 9.17) is 5.73 Å². The number of carbonyl (C=O) groups is 1. The Balaban J connectivity index is 2.32. The molecule has 0 saturated carbocycles. The third-order valence-corrected chi connectivity index (χ3v) is 3.92. The van der Waals surface area contributed by atoms with Gasteiger partial charge in [-0.3, -0.25) is 4.79 Å². The summed E-state index contributed by atoms with van der Waals surface area (Å²) in [6.07, 6.45) is 6.70. The highest BCUT2D eigenvalue weighted by atomic mass is 32.1. The third-order valence-electron chi connectivity index (χ3n) is 3.01. The minimum absolute atomic E-state index is 0.0671. The molecule has 5 heteroatoms. The first kappa shape index (κ1) is 16.1. The third kappa shape index (κ3) is 6.16. The molecular weight excluding hydrogens is 258 g/mol. The second-order valence-corrected chi connectivity index (χ2v) is 5.83. The number of carbonyl (C=O) groups excluding carboxylic acids is 1. The molecule has 3 N–H and O–H groups in total. The van der Waals surface area contributed by atoms with Crippen molar-refractivity contribution in [2.45, 2.75) is 58.4 Å². The van der Waals surface area contributed by atoms with E-state index in [1.807, 2.05) is 5.38 Å². The molecule has 0 aliphatic carbocycles. The second kappa shape index (κ2) is 9.04. The predicted octanol–water partition coefficient (Wildman–Crippen LogP) is 2.73. The lowest BCUT2D eigenvalue weighted by Crippen LogP contribution is -2.32. The van der Waals surface area contributed by atoms with Crippen LogP contribution in [0.4, 0.5) is 0 Å². The molecular formula is C14H25N3OS. The number of aromatic nitrogens is 1. The average molecular weight is 283 g/mol. The van der Waals surface area contributed by atoms with Crippen molar-refractivity contribution < 1.29 is 4.79 Å². The summed E-state index contributed by atoms with van der Waals surface area (Å²) >= 11 is 1.50. The van der Waals surface area contributed by atoms with Crippen molar-refractivity contribution in [1.82, 2.24) is 10.3 Å². The zero-order valence-electron chi connectivity index (χ0n) is 11.9. The van der Waals surface area contributed by atoms with Gasteiger partial charge in [-0.15, -0.1) is 11.3 Å². The Labute approximate surface area is 119 Å². The van der Waals surface area contributed by atoms with E-state index >= 15 is 0 Å². The Bertz CT molecular complexity index is 379. The molecule has 0 aliphatic heterocycles. The zero-order valence-corrected chi connectivity index (χ0v) is 12.8. The van der Waals surface area contributed by atoms with Crippen LogP contribution in [-0.2, 0) is 6.42 Å². The largest absolute Gasteiger partial charge is 0.348 e. The summed E-state index contributed by atoms with van der Waals surface area (Å²) in [5.74, 6) is -0.0671. The molecule has 1 amide bonds. The van der Waals surface area contributed by atoms with E-state index in [1.54, 1.807) is 0 Å². The second-order valence-electron chi connectivity index (χ2n) is 4.89. The van der Waals surface area contributed by atoms with Crippen molar-refractivity contribution >= 4 is 17.2 Å². The van der Waals surface area contributed by atoms with Gasteiger partial charge in [0.15, 0.2) is 0 Å². The molecule has 1 unspecified atom stereocenters. The Hall–Kier alpha value is -0.940. The Kier molecular flexibility index (Phi) is 7.67. The first-order valence-electron chi connectivity index (χ1n) is 7.12. The minimum Gasteiger partial charge on any atom is -0.348 e. The van der Waals surface area contributed by atoms with Gasteiger partial charge in [-0.2, -0.15) is 0 Å². The zero-order chi connectivity index (χ0) is 14.1. The van der Waals surface area contributed by atoms with Crippen molar-refractivity contribution in [3.8, 4) is 0 Å². The molecule has 1 aromatic heterocycles. The van der Waals surface area contributed by atoms with Crippen molar-refractivity contribution in [2.24, 2.45) is 5.73 Å². The number of nitrogens with zero attached hydrogens (tertiary/aromatic N) is 1. The maximum absolute atomic E-state index is 12.0. The number of thiazole rings is 1. The van der Waals surface area contributed by atoms with Crippen molar-refractivity contribution in [1.29, 1.82) is 0 Å². The summed E-state index contributed by atoms with van der Waals surface area (Å²) in [4.78, 5) is 16.3. The fourth-order valence-corrected chi connectivity index (χ4v) is 2.69. The summed E-state index contributed by atoms with van der Waals surface area (Å²) in [7, 11) is 0. The van der Waals surface area contributed by atoms with E-state index < -0.39 is 0 Å². The quantitative estimate of drug-likeness (QED) is 0.685. The number of hydrogen-bond acceptors (Lipinski definition) is 4. The summed E-state index contributed by atoms with van der Waals surface area (Å²) in [5.41, 5.74) is 5.99. The standard InChI is InChI=1S/C14H25N3OS/c1-3-4-5-6-7-11(2)16-14(18)12-10-19-13(17-12)8-9-15/h10-11H,3-9,15H2,1-2H3,(H,16,18). The van der Waals surface area contributed by atoms with Crippen LogP contribution in [0.25, 0.3) is 0 Å². The highest BCUT2D eigenvalue weighted by molar-refractivity contribution is 7.09. The first-order valence-corrected chi connectivity index (χ1v) is 8.00. The van der Waals surface area contributed by atoms with Crippen molar-refractivity contribution in [2.75, 3.05) is 6.54 Å². The van der Waals surface area contributed by atoms with E-state index in [-0.39, 0.29) is 11.9 Å². The summed E-state index contributed by atoms with van der Waals surface area (Å²) < 4.78 is 0. The Morgan fingerprint density at radius 2 is 2.26 bits per heavy atom. The van der Waals surface area contributed by atoms with Crippen LogP contribution in [-0.4, -0.2) is 23.5 Å². The lowest BCUT2D eigenvalue weighted by Gasteiger charge is -2.12. The topological polar surface area (TPSA) is 68.0 Å². The van der Waals surface area contributed by atoms with Gasteiger partial charge in [0, 0.05) is 17.8 Å². The summed E-state index contributed by atoms with van der Waals surface area (Å²) in [6.45, 7) is 4.83. The van der Waals surface area contributed by atoms with Crippen molar-refractivity contribution in [3.63, 3.8) is 0 Å². The molecule has 19 heavy (non-hydrogen) atoms. The summed E-state index contributed by atoms with van der Waals surface area (Å²) in [5, 5.41) is 5.75. The molecule has 1 rings (SSSR count). The number of amides is 1. The fourth-order valence-electron chi connectivity index (χ4n) is 1.90. The maximum atomic E-state index is 12.0. The molecule has 4 nitrogen and oxygen atoms in total. The van der Waals surface area contributed by atoms with Gasteiger partial charge in [0.25, 0.3) is 5.91 Å². The Morgan fingerprint density at radius 1 is 1.47 bits per heavy atom. The van der Waals surface area contributed by atoms with Crippen LogP contribution in [0.1, 0.15) is 61.4 Å². The smallest absolute Gasteiger partial charge is 0.270 e. The van der Waals surface area contributed by atoms with Gasteiger partial charge in [-0.05, 0) is 19.9 Å². The average Bonchev–Trinajstić information content (AvgIpc) is 2.84. The van der Waals surface area contributed by atoms with Gasteiger partial charge >= 0.3 is 0 Å². The molecule has 0 fully saturated rings. The first-order chi connectivity index (χ1) is 9.17. The Morgan fingerprint density at radius 3 is 2.95 bits per heavy atom.